The number of nitrogens with zero attached hydrogens (tertiary/aromatic N) is 1. The van der Waals surface area contributed by atoms with Crippen molar-refractivity contribution in [3.63, 3.8) is 0 Å². The normalized spacial score (nSPS) is 17.3. The highest BCUT2D eigenvalue weighted by Crippen LogP contribution is 2.28. The van der Waals surface area contributed by atoms with Gasteiger partial charge in [-0.3, -0.25) is 14.5 Å². The number of morpholine rings is 1. The van der Waals surface area contributed by atoms with Gasteiger partial charge in [0.15, 0.2) is 0 Å². The fourth-order valence-corrected chi connectivity index (χ4v) is 3.28. The molecule has 0 bridgehead atoms. The molecule has 1 atom stereocenters. The first-order valence-corrected chi connectivity index (χ1v) is 9.75. The zero-order valence-corrected chi connectivity index (χ0v) is 16.8. The molecule has 1 saturated heterocycles. The fraction of sp³-hybridized carbons (Fsp3) is 0.579. The van der Waals surface area contributed by atoms with Crippen LogP contribution in [0.1, 0.15) is 36.0 Å². The first kappa shape index (κ1) is 22.3. The molecule has 1 aromatic carbocycles. The third-order valence-electron chi connectivity index (χ3n) is 4.64. The number of halogens is 1. The van der Waals surface area contributed by atoms with E-state index in [9.17, 15) is 9.59 Å². The Morgan fingerprint density at radius 3 is 2.89 bits per heavy atom. The number of hydrogen-bond donors (Lipinski definition) is 3. The molecule has 8 nitrogen and oxygen atoms in total. The second kappa shape index (κ2) is 11.1. The van der Waals surface area contributed by atoms with Gasteiger partial charge < -0.3 is 25.6 Å². The van der Waals surface area contributed by atoms with Crippen LogP contribution in [-0.4, -0.2) is 67.9 Å². The SMILES string of the molecule is COc1cc(N)c(Cl)cc1C(=O)NCC1CN(CCCCCC(=O)O)CCO1. The van der Waals surface area contributed by atoms with Crippen molar-refractivity contribution >= 4 is 29.2 Å². The van der Waals surface area contributed by atoms with Crippen molar-refractivity contribution in [3.8, 4) is 5.75 Å². The van der Waals surface area contributed by atoms with Gasteiger partial charge >= 0.3 is 5.97 Å². The van der Waals surface area contributed by atoms with Crippen LogP contribution in [0.4, 0.5) is 5.69 Å². The molecule has 9 heteroatoms. The Balaban J connectivity index is 1.78. The number of carboxylic acid groups (broad SMARTS) is 1. The molecule has 0 aromatic heterocycles. The summed E-state index contributed by atoms with van der Waals surface area (Å²) in [6.45, 7) is 3.44. The summed E-state index contributed by atoms with van der Waals surface area (Å²) < 4.78 is 11.0. The summed E-state index contributed by atoms with van der Waals surface area (Å²) in [7, 11) is 1.47. The molecule has 1 aromatic rings. The van der Waals surface area contributed by atoms with Gasteiger partial charge in [-0.2, -0.15) is 0 Å². The number of aliphatic carboxylic acids is 1. The number of methoxy groups -OCH3 is 1. The maximum Gasteiger partial charge on any atom is 0.303 e. The molecule has 0 spiro atoms. The topological polar surface area (TPSA) is 114 Å². The number of benzene rings is 1. The van der Waals surface area contributed by atoms with Crippen LogP contribution in [-0.2, 0) is 9.53 Å². The van der Waals surface area contributed by atoms with Gasteiger partial charge in [0, 0.05) is 32.1 Å². The molecular formula is C19H28ClN3O5. The molecule has 156 valence electrons. The highest BCUT2D eigenvalue weighted by atomic mass is 35.5. The quantitative estimate of drug-likeness (QED) is 0.397. The number of anilines is 1. The van der Waals surface area contributed by atoms with Crippen molar-refractivity contribution in [1.29, 1.82) is 0 Å². The Bertz CT molecular complexity index is 686. The van der Waals surface area contributed by atoms with Crippen LogP contribution in [0.3, 0.4) is 0 Å². The molecule has 1 aliphatic heterocycles. The molecule has 0 saturated carbocycles. The minimum atomic E-state index is -0.749. The smallest absolute Gasteiger partial charge is 0.303 e. The van der Waals surface area contributed by atoms with E-state index in [1.165, 1.54) is 19.2 Å². The van der Waals surface area contributed by atoms with Gasteiger partial charge in [0.1, 0.15) is 5.75 Å². The van der Waals surface area contributed by atoms with E-state index >= 15 is 0 Å². The molecule has 1 fully saturated rings. The van der Waals surface area contributed by atoms with Crippen LogP contribution >= 0.6 is 11.6 Å². The number of carboxylic acids is 1. The van der Waals surface area contributed by atoms with Gasteiger partial charge in [-0.25, -0.2) is 0 Å². The van der Waals surface area contributed by atoms with Crippen LogP contribution in [0.5, 0.6) is 5.75 Å². The minimum Gasteiger partial charge on any atom is -0.496 e. The minimum absolute atomic E-state index is 0.105. The average Bonchev–Trinajstić information content (AvgIpc) is 2.67. The van der Waals surface area contributed by atoms with Crippen LogP contribution in [0.2, 0.25) is 5.02 Å². The van der Waals surface area contributed by atoms with E-state index in [1.807, 2.05) is 0 Å². The molecule has 0 radical (unpaired) electrons. The Kier molecular flexibility index (Phi) is 8.82. The van der Waals surface area contributed by atoms with Crippen molar-refractivity contribution in [2.75, 3.05) is 45.6 Å². The number of nitrogen functional groups attached to an aromatic ring is 1. The lowest BCUT2D eigenvalue weighted by Gasteiger charge is -2.33. The van der Waals surface area contributed by atoms with E-state index in [0.29, 0.717) is 41.6 Å². The number of unbranched alkanes of at least 4 members (excludes halogenated alkanes) is 2. The summed E-state index contributed by atoms with van der Waals surface area (Å²) >= 11 is 6.02. The van der Waals surface area contributed by atoms with Gasteiger partial charge in [0.2, 0.25) is 0 Å². The van der Waals surface area contributed by atoms with Gasteiger partial charge in [-0.05, 0) is 25.5 Å². The average molecular weight is 414 g/mol. The van der Waals surface area contributed by atoms with Crippen molar-refractivity contribution in [2.24, 2.45) is 0 Å². The number of ether oxygens (including phenoxy) is 2. The summed E-state index contributed by atoms with van der Waals surface area (Å²) in [6, 6.07) is 3.02. The van der Waals surface area contributed by atoms with Gasteiger partial charge in [0.05, 0.1) is 36.1 Å². The molecule has 1 heterocycles. The summed E-state index contributed by atoms with van der Waals surface area (Å²) in [5.41, 5.74) is 6.42. The third-order valence-corrected chi connectivity index (χ3v) is 4.97. The van der Waals surface area contributed by atoms with Crippen molar-refractivity contribution in [1.82, 2.24) is 10.2 Å². The van der Waals surface area contributed by atoms with Crippen LogP contribution in [0, 0.1) is 0 Å². The van der Waals surface area contributed by atoms with Crippen LogP contribution in [0.25, 0.3) is 0 Å². The van der Waals surface area contributed by atoms with Crippen molar-refractivity contribution in [3.05, 3.63) is 22.7 Å². The number of nitrogens with one attached hydrogen (secondary N) is 1. The van der Waals surface area contributed by atoms with Crippen molar-refractivity contribution < 1.29 is 24.2 Å². The molecular weight excluding hydrogens is 386 g/mol. The third kappa shape index (κ3) is 6.85. The van der Waals surface area contributed by atoms with E-state index in [-0.39, 0.29) is 18.4 Å². The first-order chi connectivity index (χ1) is 13.4. The van der Waals surface area contributed by atoms with Gasteiger partial charge in [0.25, 0.3) is 5.91 Å². The summed E-state index contributed by atoms with van der Waals surface area (Å²) in [4.78, 5) is 25.3. The number of nitrogens with two attached hydrogens (primary N) is 1. The molecule has 1 aliphatic rings. The van der Waals surface area contributed by atoms with Gasteiger partial charge in [-0.1, -0.05) is 18.0 Å². The molecule has 28 heavy (non-hydrogen) atoms. The number of amides is 1. The van der Waals surface area contributed by atoms with Gasteiger partial charge in [-0.15, -0.1) is 0 Å². The second-order valence-electron chi connectivity index (χ2n) is 6.78. The molecule has 4 N–H and O–H groups in total. The lowest BCUT2D eigenvalue weighted by Crippen LogP contribution is -2.47. The Morgan fingerprint density at radius 1 is 1.39 bits per heavy atom. The monoisotopic (exact) mass is 413 g/mol. The van der Waals surface area contributed by atoms with Crippen molar-refractivity contribution in [2.45, 2.75) is 31.8 Å². The Hall–Kier alpha value is -2.03. The fourth-order valence-electron chi connectivity index (χ4n) is 3.11. The lowest BCUT2D eigenvalue weighted by atomic mass is 10.1. The van der Waals surface area contributed by atoms with E-state index in [4.69, 9.17) is 31.9 Å². The molecule has 1 amide bonds. The second-order valence-corrected chi connectivity index (χ2v) is 7.19. The van der Waals surface area contributed by atoms with E-state index in [2.05, 4.69) is 10.2 Å². The van der Waals surface area contributed by atoms with Crippen LogP contribution in [0.15, 0.2) is 12.1 Å². The molecule has 0 aliphatic carbocycles. The molecule has 1 unspecified atom stereocenters. The Labute approximate surface area is 169 Å². The largest absolute Gasteiger partial charge is 0.496 e. The zero-order chi connectivity index (χ0) is 20.5. The zero-order valence-electron chi connectivity index (χ0n) is 16.1. The first-order valence-electron chi connectivity index (χ1n) is 9.37. The standard InChI is InChI=1S/C19H28ClN3O5/c1-27-17-10-16(21)15(20)9-14(17)19(26)22-11-13-12-23(7-8-28-13)6-4-2-3-5-18(24)25/h9-10,13H,2-8,11-12,21H2,1H3,(H,22,26)(H,24,25). The molecule has 2 rings (SSSR count). The van der Waals surface area contributed by atoms with Crippen LogP contribution < -0.4 is 15.8 Å². The van der Waals surface area contributed by atoms with E-state index in [1.54, 1.807) is 0 Å². The highest BCUT2D eigenvalue weighted by Gasteiger charge is 2.22. The number of hydrogen-bond acceptors (Lipinski definition) is 6. The lowest BCUT2D eigenvalue weighted by molar-refractivity contribution is -0.137. The number of rotatable bonds is 10. The number of carbonyl (C=O) groups excluding carboxylic acids is 1. The summed E-state index contributed by atoms with van der Waals surface area (Å²) in [6.07, 6.45) is 2.66. The maximum absolute atomic E-state index is 12.5. The maximum atomic E-state index is 12.5. The predicted molar refractivity (Wildman–Crippen MR) is 107 cm³/mol. The summed E-state index contributed by atoms with van der Waals surface area (Å²) in [5, 5.41) is 11.8. The number of carbonyl (C=O) groups is 2. The summed E-state index contributed by atoms with van der Waals surface area (Å²) in [5.74, 6) is -0.679. The predicted octanol–water partition coefficient (Wildman–Crippen LogP) is 2.01. The highest BCUT2D eigenvalue weighted by molar-refractivity contribution is 6.33. The van der Waals surface area contributed by atoms with E-state index < -0.39 is 5.97 Å². The van der Waals surface area contributed by atoms with E-state index in [0.717, 1.165) is 32.5 Å². The Morgan fingerprint density at radius 2 is 2.18 bits per heavy atom.